The Morgan fingerprint density at radius 2 is 1.91 bits per heavy atom. The number of carbonyl (C=O) groups excluding carboxylic acids is 2. The lowest BCUT2D eigenvalue weighted by Crippen LogP contribution is -2.58. The quantitative estimate of drug-likeness (QED) is 0.281. The fourth-order valence-corrected chi connectivity index (χ4v) is 5.07. The molecule has 33 heavy (non-hydrogen) atoms. The number of amides is 2. The van der Waals surface area contributed by atoms with Gasteiger partial charge in [-0.1, -0.05) is 30.3 Å². The number of carboxylic acid groups (broad SMARTS) is 1. The molecule has 2 heterocycles. The molecule has 4 N–H and O–H groups in total. The van der Waals surface area contributed by atoms with E-state index >= 15 is 0 Å². The molecule has 1 aromatic carbocycles. The Morgan fingerprint density at radius 1 is 1.21 bits per heavy atom. The van der Waals surface area contributed by atoms with E-state index in [-0.39, 0.29) is 17.1 Å². The molecule has 0 fully saturated rings. The number of benzene rings is 1. The van der Waals surface area contributed by atoms with E-state index in [1.54, 1.807) is 20.8 Å². The van der Waals surface area contributed by atoms with E-state index in [4.69, 9.17) is 0 Å². The van der Waals surface area contributed by atoms with Gasteiger partial charge in [0.2, 0.25) is 0 Å². The predicted molar refractivity (Wildman–Crippen MR) is 129 cm³/mol. The minimum atomic E-state index is -1.92. The molecule has 0 aliphatic heterocycles. The van der Waals surface area contributed by atoms with Crippen LogP contribution in [0, 0.1) is 0 Å². The molecule has 174 valence electrons. The zero-order chi connectivity index (χ0) is 24.2. The van der Waals surface area contributed by atoms with Crippen molar-refractivity contribution in [3.63, 3.8) is 0 Å². The van der Waals surface area contributed by atoms with Crippen molar-refractivity contribution in [3.05, 3.63) is 51.9 Å². The first-order chi connectivity index (χ1) is 15.5. The molecule has 1 atom stereocenters. The number of nitrogens with one attached hydrogen (secondary N) is 3. The average Bonchev–Trinajstić information content (AvgIpc) is 3.16. The first-order valence-corrected chi connectivity index (χ1v) is 11.9. The van der Waals surface area contributed by atoms with Crippen molar-refractivity contribution in [2.75, 3.05) is 0 Å². The molecular weight excluding hydrogens is 464 g/mol. The number of carbonyl (C=O) groups is 3. The minimum absolute atomic E-state index is 0.0420. The SMILES string of the molecule is CC(C)(C)NC(=O)NC(CC=O)(SCc1nc2scc(-c3ccccc3)c2c(=O)[nH]1)C(=O)O. The maximum atomic E-state index is 12.8. The van der Waals surface area contributed by atoms with Crippen LogP contribution in [0.1, 0.15) is 33.0 Å². The summed E-state index contributed by atoms with van der Waals surface area (Å²) in [4.78, 5) is 54.3. The molecule has 9 nitrogen and oxygen atoms in total. The summed E-state index contributed by atoms with van der Waals surface area (Å²) >= 11 is 2.11. The second-order valence-electron chi connectivity index (χ2n) is 8.33. The predicted octanol–water partition coefficient (Wildman–Crippen LogP) is 3.35. The summed E-state index contributed by atoms with van der Waals surface area (Å²) in [6, 6.07) is 8.74. The van der Waals surface area contributed by atoms with Crippen LogP contribution in [-0.4, -0.2) is 43.8 Å². The maximum absolute atomic E-state index is 12.8. The van der Waals surface area contributed by atoms with Crippen LogP contribution in [0.3, 0.4) is 0 Å². The maximum Gasteiger partial charge on any atom is 0.340 e. The molecular formula is C22H24N4O5S2. The van der Waals surface area contributed by atoms with Gasteiger partial charge >= 0.3 is 12.0 Å². The second kappa shape index (κ2) is 9.75. The lowest BCUT2D eigenvalue weighted by molar-refractivity contribution is -0.141. The fourth-order valence-electron chi connectivity index (χ4n) is 3.10. The van der Waals surface area contributed by atoms with Gasteiger partial charge in [-0.3, -0.25) is 4.79 Å². The van der Waals surface area contributed by atoms with E-state index in [1.165, 1.54) is 11.3 Å². The molecule has 3 aromatic rings. The van der Waals surface area contributed by atoms with Crippen molar-refractivity contribution in [2.24, 2.45) is 0 Å². The van der Waals surface area contributed by atoms with E-state index in [0.717, 1.165) is 22.9 Å². The summed E-state index contributed by atoms with van der Waals surface area (Å²) in [6.07, 6.45) is -0.0303. The number of hydrogen-bond acceptors (Lipinski definition) is 7. The van der Waals surface area contributed by atoms with E-state index in [1.807, 2.05) is 35.7 Å². The lowest BCUT2D eigenvalue weighted by atomic mass is 10.1. The zero-order valence-corrected chi connectivity index (χ0v) is 19.9. The summed E-state index contributed by atoms with van der Waals surface area (Å²) in [7, 11) is 0. The van der Waals surface area contributed by atoms with E-state index in [0.29, 0.717) is 16.5 Å². The Balaban J connectivity index is 1.88. The number of rotatable bonds is 8. The fraction of sp³-hybridized carbons (Fsp3) is 0.318. The van der Waals surface area contributed by atoms with Crippen molar-refractivity contribution in [3.8, 4) is 11.1 Å². The number of aliphatic carboxylic acids is 1. The van der Waals surface area contributed by atoms with Crippen LogP contribution < -0.4 is 16.2 Å². The number of aromatic amines is 1. The van der Waals surface area contributed by atoms with Crippen LogP contribution >= 0.6 is 23.1 Å². The Labute approximate surface area is 198 Å². The van der Waals surface area contributed by atoms with Gasteiger partial charge in [-0.05, 0) is 26.3 Å². The summed E-state index contributed by atoms with van der Waals surface area (Å²) < 4.78 is 0. The highest BCUT2D eigenvalue weighted by molar-refractivity contribution is 8.00. The Bertz CT molecular complexity index is 1230. The molecule has 2 aromatic heterocycles. The highest BCUT2D eigenvalue weighted by Crippen LogP contribution is 2.32. The summed E-state index contributed by atoms with van der Waals surface area (Å²) in [5.74, 6) is -1.18. The topological polar surface area (TPSA) is 141 Å². The van der Waals surface area contributed by atoms with Gasteiger partial charge in [0.25, 0.3) is 5.56 Å². The summed E-state index contributed by atoms with van der Waals surface area (Å²) in [6.45, 7) is 5.24. The van der Waals surface area contributed by atoms with Gasteiger partial charge in [0.05, 0.1) is 11.1 Å². The molecule has 2 amide bonds. The van der Waals surface area contributed by atoms with Crippen molar-refractivity contribution in [1.29, 1.82) is 0 Å². The van der Waals surface area contributed by atoms with Gasteiger partial charge in [-0.15, -0.1) is 23.1 Å². The van der Waals surface area contributed by atoms with Crippen LogP contribution in [0.15, 0.2) is 40.5 Å². The van der Waals surface area contributed by atoms with Gasteiger partial charge in [0.1, 0.15) is 16.9 Å². The Morgan fingerprint density at radius 3 is 2.52 bits per heavy atom. The molecule has 0 aliphatic rings. The molecule has 0 saturated heterocycles. The van der Waals surface area contributed by atoms with Crippen molar-refractivity contribution < 1.29 is 19.5 Å². The number of urea groups is 1. The van der Waals surface area contributed by atoms with Gasteiger partial charge in [-0.25, -0.2) is 14.6 Å². The van der Waals surface area contributed by atoms with Gasteiger partial charge in [-0.2, -0.15) is 0 Å². The first-order valence-electron chi connectivity index (χ1n) is 10.0. The highest BCUT2D eigenvalue weighted by atomic mass is 32.2. The second-order valence-corrected chi connectivity index (χ2v) is 10.5. The normalized spacial score (nSPS) is 13.3. The third kappa shape index (κ3) is 5.79. The van der Waals surface area contributed by atoms with Crippen LogP contribution in [0.25, 0.3) is 21.3 Å². The van der Waals surface area contributed by atoms with Gasteiger partial charge in [0, 0.05) is 22.9 Å². The smallest absolute Gasteiger partial charge is 0.340 e. The van der Waals surface area contributed by atoms with Crippen LogP contribution in [0.4, 0.5) is 4.79 Å². The molecule has 0 aliphatic carbocycles. The summed E-state index contributed by atoms with van der Waals surface area (Å²) in [5, 5.41) is 17.2. The number of nitrogens with zero attached hydrogens (tertiary/aromatic N) is 1. The number of thioether (sulfide) groups is 1. The standard InChI is InChI=1S/C22H24N4O5S2/c1-21(2,3)25-20(31)26-22(9-10-27,19(29)30)33-12-15-23-17(28)16-14(11-32-18(16)24-15)13-7-5-4-6-8-13/h4-8,10-11H,9,12H2,1-3H3,(H,29,30)(H,23,24,28)(H2,25,26,31). The highest BCUT2D eigenvalue weighted by Gasteiger charge is 2.41. The first kappa shape index (κ1) is 24.5. The van der Waals surface area contributed by atoms with Crippen LogP contribution in [0.5, 0.6) is 0 Å². The van der Waals surface area contributed by atoms with E-state index in [2.05, 4.69) is 20.6 Å². The number of fused-ring (bicyclic) bond motifs is 1. The number of thiophene rings is 1. The number of H-pyrrole nitrogens is 1. The molecule has 0 spiro atoms. The molecule has 0 radical (unpaired) electrons. The zero-order valence-electron chi connectivity index (χ0n) is 18.3. The Kier molecular flexibility index (Phi) is 7.23. The van der Waals surface area contributed by atoms with Crippen molar-refractivity contribution >= 4 is 51.6 Å². The number of carboxylic acids is 1. The number of aromatic nitrogens is 2. The van der Waals surface area contributed by atoms with Crippen LogP contribution in [-0.2, 0) is 15.3 Å². The van der Waals surface area contributed by atoms with Crippen LogP contribution in [0.2, 0.25) is 0 Å². The van der Waals surface area contributed by atoms with Gasteiger partial charge < -0.3 is 25.5 Å². The lowest BCUT2D eigenvalue weighted by Gasteiger charge is -2.30. The molecule has 3 rings (SSSR count). The Hall–Kier alpha value is -3.18. The molecule has 0 saturated carbocycles. The van der Waals surface area contributed by atoms with Crippen molar-refractivity contribution in [1.82, 2.24) is 20.6 Å². The third-order valence-electron chi connectivity index (χ3n) is 4.55. The largest absolute Gasteiger partial charge is 0.479 e. The molecule has 1 unspecified atom stereocenters. The monoisotopic (exact) mass is 488 g/mol. The van der Waals surface area contributed by atoms with E-state index in [9.17, 15) is 24.3 Å². The third-order valence-corrected chi connectivity index (χ3v) is 6.78. The number of aldehydes is 1. The minimum Gasteiger partial charge on any atom is -0.479 e. The summed E-state index contributed by atoms with van der Waals surface area (Å²) in [5.41, 5.74) is 0.714. The van der Waals surface area contributed by atoms with Crippen molar-refractivity contribution in [2.45, 2.75) is 43.4 Å². The molecule has 0 bridgehead atoms. The molecule has 11 heteroatoms. The van der Waals surface area contributed by atoms with Gasteiger partial charge in [0.15, 0.2) is 4.87 Å². The average molecular weight is 489 g/mol. The van der Waals surface area contributed by atoms with E-state index < -0.39 is 28.8 Å². The number of hydrogen-bond donors (Lipinski definition) is 4.